The molecule has 2 aromatic heterocycles. The van der Waals surface area contributed by atoms with Crippen LogP contribution < -0.4 is 10.9 Å². The molecule has 31 heavy (non-hydrogen) atoms. The monoisotopic (exact) mass is 426 g/mol. The molecular formula is C22H17F3N4O2. The number of carbonyl (C=O) groups is 1. The molecule has 0 spiro atoms. The van der Waals surface area contributed by atoms with Gasteiger partial charge in [-0.05, 0) is 49.4 Å². The van der Waals surface area contributed by atoms with Crippen molar-refractivity contribution in [3.05, 3.63) is 74.6 Å². The Labute approximate surface area is 174 Å². The summed E-state index contributed by atoms with van der Waals surface area (Å²) in [6, 6.07) is 4.19. The normalized spacial score (nSPS) is 14.3. The number of fused-ring (bicyclic) bond motifs is 1. The van der Waals surface area contributed by atoms with Crippen LogP contribution in [0.3, 0.4) is 0 Å². The van der Waals surface area contributed by atoms with Gasteiger partial charge < -0.3 is 10.3 Å². The van der Waals surface area contributed by atoms with Gasteiger partial charge in [-0.1, -0.05) is 0 Å². The molecule has 1 amide bonds. The molecule has 0 aliphatic heterocycles. The lowest BCUT2D eigenvalue weighted by Gasteiger charge is -2.16. The summed E-state index contributed by atoms with van der Waals surface area (Å²) >= 11 is 0. The Balaban J connectivity index is 1.66. The molecule has 2 N–H and O–H groups in total. The Morgan fingerprint density at radius 2 is 2.06 bits per heavy atom. The minimum atomic E-state index is -1.06. The van der Waals surface area contributed by atoms with Gasteiger partial charge >= 0.3 is 0 Å². The second-order valence-electron chi connectivity index (χ2n) is 7.57. The van der Waals surface area contributed by atoms with Crippen LogP contribution in [0.25, 0.3) is 10.9 Å². The molecule has 1 aromatic carbocycles. The van der Waals surface area contributed by atoms with Crippen molar-refractivity contribution in [2.45, 2.75) is 38.1 Å². The van der Waals surface area contributed by atoms with E-state index < -0.39 is 35.0 Å². The fraction of sp³-hybridized carbons (Fsp3) is 0.273. The highest BCUT2D eigenvalue weighted by atomic mass is 19.2. The Bertz CT molecular complexity index is 1310. The number of hydrogen-bond acceptors (Lipinski definition) is 4. The first-order valence-corrected chi connectivity index (χ1v) is 9.67. The maximum Gasteiger partial charge on any atom is 0.252 e. The van der Waals surface area contributed by atoms with Gasteiger partial charge in [-0.25, -0.2) is 13.2 Å². The van der Waals surface area contributed by atoms with E-state index in [1.165, 1.54) is 19.2 Å². The molecule has 158 valence electrons. The third-order valence-electron chi connectivity index (χ3n) is 5.32. The predicted molar refractivity (Wildman–Crippen MR) is 106 cm³/mol. The number of benzene rings is 1. The first-order chi connectivity index (χ1) is 14.8. The summed E-state index contributed by atoms with van der Waals surface area (Å²) in [5.74, 6) is -3.56. The molecule has 3 aromatic rings. The minimum absolute atomic E-state index is 0.0160. The van der Waals surface area contributed by atoms with Crippen LogP contribution in [0, 0.1) is 28.8 Å². The van der Waals surface area contributed by atoms with Crippen molar-refractivity contribution in [1.82, 2.24) is 15.3 Å². The largest absolute Gasteiger partial charge is 0.348 e. The van der Waals surface area contributed by atoms with E-state index in [2.05, 4.69) is 15.3 Å². The topological polar surface area (TPSA) is 98.6 Å². The molecule has 0 saturated heterocycles. The van der Waals surface area contributed by atoms with Crippen molar-refractivity contribution in [1.29, 1.82) is 5.26 Å². The van der Waals surface area contributed by atoms with Crippen molar-refractivity contribution in [3.63, 3.8) is 0 Å². The van der Waals surface area contributed by atoms with E-state index in [0.717, 1.165) is 12.1 Å². The Kier molecular flexibility index (Phi) is 5.23. The van der Waals surface area contributed by atoms with Gasteiger partial charge in [-0.15, -0.1) is 0 Å². The zero-order valence-electron chi connectivity index (χ0n) is 16.4. The predicted octanol–water partition coefficient (Wildman–Crippen LogP) is 3.51. The van der Waals surface area contributed by atoms with Gasteiger partial charge in [-0.2, -0.15) is 5.26 Å². The van der Waals surface area contributed by atoms with Gasteiger partial charge in [0.05, 0.1) is 29.2 Å². The Hall–Kier alpha value is -3.67. The van der Waals surface area contributed by atoms with E-state index in [1.54, 1.807) is 6.07 Å². The molecule has 1 saturated carbocycles. The summed E-state index contributed by atoms with van der Waals surface area (Å²) in [5.41, 5.74) is 0.0258. The number of pyridine rings is 2. The van der Waals surface area contributed by atoms with Crippen LogP contribution in [0.15, 0.2) is 29.2 Å². The molecule has 0 radical (unpaired) electrons. The van der Waals surface area contributed by atoms with E-state index >= 15 is 0 Å². The molecule has 1 aliphatic carbocycles. The molecule has 0 unspecified atom stereocenters. The highest BCUT2D eigenvalue weighted by Crippen LogP contribution is 2.44. The Morgan fingerprint density at radius 1 is 1.32 bits per heavy atom. The van der Waals surface area contributed by atoms with Crippen molar-refractivity contribution < 1.29 is 18.0 Å². The number of nitrogens with one attached hydrogen (secondary N) is 2. The van der Waals surface area contributed by atoms with Crippen LogP contribution in [0.4, 0.5) is 13.2 Å². The number of aromatic amines is 1. The summed E-state index contributed by atoms with van der Waals surface area (Å²) in [6.07, 6.45) is 2.23. The number of nitrogens with zero attached hydrogens (tertiary/aromatic N) is 2. The van der Waals surface area contributed by atoms with Crippen molar-refractivity contribution in [2.75, 3.05) is 0 Å². The third-order valence-corrected chi connectivity index (χ3v) is 5.32. The zero-order valence-corrected chi connectivity index (χ0v) is 16.4. The maximum absolute atomic E-state index is 14.6. The standard InChI is InChI=1S/C22H17F3N4O2/c1-10(21-15(24)6-11(8-26)9-27-21)28-17(30)7-13-18(12-2-3-12)19-16(29-22(13)31)5-4-14(23)20(19)25/h4-6,9-10,12H,2-3,7H2,1H3,(H,28,30)(H,29,31)/t10-/m0/s1. The molecule has 1 aliphatic rings. The molecule has 2 heterocycles. The number of H-pyrrole nitrogens is 1. The fourth-order valence-electron chi connectivity index (χ4n) is 3.74. The van der Waals surface area contributed by atoms with Gasteiger partial charge in [0.2, 0.25) is 5.91 Å². The van der Waals surface area contributed by atoms with Gasteiger partial charge in [0, 0.05) is 17.1 Å². The minimum Gasteiger partial charge on any atom is -0.348 e. The van der Waals surface area contributed by atoms with E-state index in [9.17, 15) is 22.8 Å². The summed E-state index contributed by atoms with van der Waals surface area (Å²) in [4.78, 5) is 31.7. The second-order valence-corrected chi connectivity index (χ2v) is 7.57. The molecule has 6 nitrogen and oxygen atoms in total. The van der Waals surface area contributed by atoms with Gasteiger partial charge in [0.1, 0.15) is 11.9 Å². The lowest BCUT2D eigenvalue weighted by molar-refractivity contribution is -0.121. The molecule has 4 rings (SSSR count). The molecule has 9 heteroatoms. The van der Waals surface area contributed by atoms with Crippen LogP contribution in [0.1, 0.15) is 54.1 Å². The number of halogens is 3. The number of amides is 1. The van der Waals surface area contributed by atoms with Crippen molar-refractivity contribution >= 4 is 16.8 Å². The van der Waals surface area contributed by atoms with Crippen LogP contribution in [0.2, 0.25) is 0 Å². The third kappa shape index (κ3) is 3.89. The first kappa shape index (κ1) is 20.6. The number of hydrogen-bond donors (Lipinski definition) is 2. The van der Waals surface area contributed by atoms with Gasteiger partial charge in [0.25, 0.3) is 5.56 Å². The number of carbonyl (C=O) groups excluding carboxylic acids is 1. The molecule has 0 bridgehead atoms. The van der Waals surface area contributed by atoms with Gasteiger partial charge in [-0.3, -0.25) is 14.6 Å². The van der Waals surface area contributed by atoms with E-state index in [4.69, 9.17) is 5.26 Å². The summed E-state index contributed by atoms with van der Waals surface area (Å²) in [5, 5.41) is 11.4. The smallest absolute Gasteiger partial charge is 0.252 e. The van der Waals surface area contributed by atoms with Crippen LogP contribution in [-0.4, -0.2) is 15.9 Å². The summed E-state index contributed by atoms with van der Waals surface area (Å²) < 4.78 is 42.6. The SMILES string of the molecule is C[C@H](NC(=O)Cc1c(C2CC2)c2c(F)c(F)ccc2[nH]c1=O)c1ncc(C#N)cc1F. The maximum atomic E-state index is 14.6. The van der Waals surface area contributed by atoms with E-state index in [1.807, 2.05) is 0 Å². The van der Waals surface area contributed by atoms with Crippen LogP contribution in [-0.2, 0) is 11.2 Å². The average Bonchev–Trinajstić information content (AvgIpc) is 3.56. The average molecular weight is 426 g/mol. The van der Waals surface area contributed by atoms with E-state index in [-0.39, 0.29) is 40.1 Å². The van der Waals surface area contributed by atoms with Gasteiger partial charge in [0.15, 0.2) is 11.6 Å². The van der Waals surface area contributed by atoms with Crippen LogP contribution >= 0.6 is 0 Å². The van der Waals surface area contributed by atoms with Crippen molar-refractivity contribution in [3.8, 4) is 6.07 Å². The number of nitriles is 1. The summed E-state index contributed by atoms with van der Waals surface area (Å²) in [7, 11) is 0. The summed E-state index contributed by atoms with van der Waals surface area (Å²) in [6.45, 7) is 1.51. The lowest BCUT2D eigenvalue weighted by Crippen LogP contribution is -2.32. The highest BCUT2D eigenvalue weighted by molar-refractivity contribution is 5.87. The number of aromatic nitrogens is 2. The molecular weight excluding hydrogens is 409 g/mol. The Morgan fingerprint density at radius 3 is 2.71 bits per heavy atom. The first-order valence-electron chi connectivity index (χ1n) is 9.67. The lowest BCUT2D eigenvalue weighted by atomic mass is 9.96. The zero-order chi connectivity index (χ0) is 22.3. The number of rotatable bonds is 5. The quantitative estimate of drug-likeness (QED) is 0.652. The fourth-order valence-corrected chi connectivity index (χ4v) is 3.74. The van der Waals surface area contributed by atoms with Crippen molar-refractivity contribution in [2.24, 2.45) is 0 Å². The molecule has 1 fully saturated rings. The highest BCUT2D eigenvalue weighted by Gasteiger charge is 2.32. The molecule has 1 atom stereocenters. The van der Waals surface area contributed by atoms with Crippen LogP contribution in [0.5, 0.6) is 0 Å². The van der Waals surface area contributed by atoms with E-state index in [0.29, 0.717) is 18.4 Å². The second kappa shape index (κ2) is 7.87.